The van der Waals surface area contributed by atoms with Gasteiger partial charge in [0.25, 0.3) is 0 Å². The molecule has 0 bridgehead atoms. The van der Waals surface area contributed by atoms with Crippen LogP contribution in [-0.4, -0.2) is 28.7 Å². The molecule has 1 aliphatic heterocycles. The lowest BCUT2D eigenvalue weighted by atomic mass is 10.0. The number of thiocarbonyl (C=S) groups is 1. The molecule has 1 aromatic heterocycles. The van der Waals surface area contributed by atoms with Gasteiger partial charge in [0.15, 0.2) is 0 Å². The molecule has 4 nitrogen and oxygen atoms in total. The molecule has 2 rings (SSSR count). The molecule has 92 valence electrons. The molecule has 0 aliphatic carbocycles. The van der Waals surface area contributed by atoms with E-state index in [1.807, 2.05) is 12.1 Å². The fraction of sp³-hybridized carbons (Fsp3) is 0.500. The van der Waals surface area contributed by atoms with Crippen molar-refractivity contribution in [3.8, 4) is 0 Å². The van der Waals surface area contributed by atoms with E-state index in [1.165, 1.54) is 0 Å². The molecule has 2 heterocycles. The largest absolute Gasteiger partial charge is 0.389 e. The van der Waals surface area contributed by atoms with Crippen LogP contribution in [-0.2, 0) is 4.74 Å². The highest BCUT2D eigenvalue weighted by Gasteiger charge is 2.29. The van der Waals surface area contributed by atoms with Crippen LogP contribution in [0.4, 0.5) is 5.82 Å². The second-order valence-electron chi connectivity index (χ2n) is 4.55. The summed E-state index contributed by atoms with van der Waals surface area (Å²) in [7, 11) is 0. The SMILES string of the molecule is CC1(CNc2ccc(C(N)=S)cn2)CCCO1. The summed E-state index contributed by atoms with van der Waals surface area (Å²) in [6, 6.07) is 3.75. The van der Waals surface area contributed by atoms with Gasteiger partial charge in [0.1, 0.15) is 10.8 Å². The summed E-state index contributed by atoms with van der Waals surface area (Å²) in [5, 5.41) is 3.27. The fourth-order valence-electron chi connectivity index (χ4n) is 1.90. The van der Waals surface area contributed by atoms with Crippen molar-refractivity contribution in [3.05, 3.63) is 23.9 Å². The third-order valence-corrected chi connectivity index (χ3v) is 3.23. The lowest BCUT2D eigenvalue weighted by Crippen LogP contribution is -2.32. The maximum absolute atomic E-state index is 5.69. The van der Waals surface area contributed by atoms with Gasteiger partial charge in [-0.15, -0.1) is 0 Å². The summed E-state index contributed by atoms with van der Waals surface area (Å²) in [4.78, 5) is 4.63. The highest BCUT2D eigenvalue weighted by Crippen LogP contribution is 2.25. The monoisotopic (exact) mass is 251 g/mol. The molecule has 3 N–H and O–H groups in total. The maximum Gasteiger partial charge on any atom is 0.126 e. The van der Waals surface area contributed by atoms with Crippen molar-refractivity contribution in [2.45, 2.75) is 25.4 Å². The number of nitrogens with two attached hydrogens (primary N) is 1. The molecule has 0 saturated carbocycles. The van der Waals surface area contributed by atoms with Crippen LogP contribution < -0.4 is 11.1 Å². The molecule has 1 aromatic rings. The zero-order valence-electron chi connectivity index (χ0n) is 9.90. The Bertz CT molecular complexity index is 399. The molecular weight excluding hydrogens is 234 g/mol. The molecule has 0 radical (unpaired) electrons. The highest BCUT2D eigenvalue weighted by atomic mass is 32.1. The second-order valence-corrected chi connectivity index (χ2v) is 4.99. The van der Waals surface area contributed by atoms with Crippen LogP contribution in [0.2, 0.25) is 0 Å². The van der Waals surface area contributed by atoms with Crippen LogP contribution in [0.3, 0.4) is 0 Å². The molecule has 1 unspecified atom stereocenters. The summed E-state index contributed by atoms with van der Waals surface area (Å²) in [5.74, 6) is 0.821. The zero-order valence-corrected chi connectivity index (χ0v) is 10.7. The van der Waals surface area contributed by atoms with Crippen molar-refractivity contribution >= 4 is 23.0 Å². The molecule has 0 amide bonds. The van der Waals surface area contributed by atoms with E-state index in [4.69, 9.17) is 22.7 Å². The van der Waals surface area contributed by atoms with Crippen LogP contribution in [0.25, 0.3) is 0 Å². The first-order valence-corrected chi connectivity index (χ1v) is 6.14. The Kier molecular flexibility index (Phi) is 3.59. The van der Waals surface area contributed by atoms with Gasteiger partial charge >= 0.3 is 0 Å². The number of hydrogen-bond donors (Lipinski definition) is 2. The molecule has 1 fully saturated rings. The minimum absolute atomic E-state index is 0.0660. The molecule has 1 saturated heterocycles. The first kappa shape index (κ1) is 12.3. The van der Waals surface area contributed by atoms with Crippen LogP contribution in [0, 0.1) is 0 Å². The summed E-state index contributed by atoms with van der Waals surface area (Å²) < 4.78 is 5.69. The minimum Gasteiger partial charge on any atom is -0.389 e. The van der Waals surface area contributed by atoms with Crippen LogP contribution in [0.15, 0.2) is 18.3 Å². The number of pyridine rings is 1. The number of hydrogen-bond acceptors (Lipinski definition) is 4. The smallest absolute Gasteiger partial charge is 0.126 e. The van der Waals surface area contributed by atoms with Gasteiger partial charge in [-0.2, -0.15) is 0 Å². The van der Waals surface area contributed by atoms with Gasteiger partial charge in [-0.25, -0.2) is 4.98 Å². The van der Waals surface area contributed by atoms with Crippen LogP contribution in [0.1, 0.15) is 25.3 Å². The first-order valence-electron chi connectivity index (χ1n) is 5.73. The average Bonchev–Trinajstić information content (AvgIpc) is 2.75. The Labute approximate surface area is 107 Å². The van der Waals surface area contributed by atoms with Gasteiger partial charge in [-0.3, -0.25) is 0 Å². The normalized spacial score (nSPS) is 23.6. The third kappa shape index (κ3) is 3.14. The minimum atomic E-state index is -0.0660. The van der Waals surface area contributed by atoms with E-state index in [0.717, 1.165) is 37.4 Å². The Morgan fingerprint density at radius 1 is 1.65 bits per heavy atom. The lowest BCUT2D eigenvalue weighted by molar-refractivity contribution is 0.0315. The van der Waals surface area contributed by atoms with E-state index < -0.39 is 0 Å². The predicted molar refractivity (Wildman–Crippen MR) is 72.2 cm³/mol. The van der Waals surface area contributed by atoms with Gasteiger partial charge in [0.2, 0.25) is 0 Å². The number of ether oxygens (including phenoxy) is 1. The Balaban J connectivity index is 1.93. The predicted octanol–water partition coefficient (Wildman–Crippen LogP) is 1.70. The Morgan fingerprint density at radius 2 is 2.47 bits per heavy atom. The maximum atomic E-state index is 5.69. The molecular formula is C12H17N3OS. The standard InChI is InChI=1S/C12H17N3OS/c1-12(5-2-6-16-12)8-15-10-4-3-9(7-14-10)11(13)17/h3-4,7H,2,5-6,8H2,1H3,(H2,13,17)(H,14,15). The average molecular weight is 251 g/mol. The Morgan fingerprint density at radius 3 is 3.00 bits per heavy atom. The van der Waals surface area contributed by atoms with Crippen molar-refractivity contribution in [2.75, 3.05) is 18.5 Å². The molecule has 0 aromatic carbocycles. The van der Waals surface area contributed by atoms with Gasteiger partial charge in [0, 0.05) is 24.9 Å². The number of nitrogens with zero attached hydrogens (tertiary/aromatic N) is 1. The summed E-state index contributed by atoms with van der Waals surface area (Å²) >= 11 is 4.87. The van der Waals surface area contributed by atoms with Gasteiger partial charge in [0.05, 0.1) is 5.60 Å². The first-order chi connectivity index (χ1) is 8.09. The van der Waals surface area contributed by atoms with E-state index in [1.54, 1.807) is 6.20 Å². The van der Waals surface area contributed by atoms with Crippen LogP contribution >= 0.6 is 12.2 Å². The van der Waals surface area contributed by atoms with Crippen molar-refractivity contribution in [1.29, 1.82) is 0 Å². The number of aromatic nitrogens is 1. The van der Waals surface area contributed by atoms with Crippen molar-refractivity contribution in [3.63, 3.8) is 0 Å². The second kappa shape index (κ2) is 4.98. The van der Waals surface area contributed by atoms with E-state index in [9.17, 15) is 0 Å². The zero-order chi connectivity index (χ0) is 12.3. The van der Waals surface area contributed by atoms with Crippen molar-refractivity contribution in [2.24, 2.45) is 5.73 Å². The Hall–Kier alpha value is -1.20. The molecule has 17 heavy (non-hydrogen) atoms. The van der Waals surface area contributed by atoms with Gasteiger partial charge < -0.3 is 15.8 Å². The van der Waals surface area contributed by atoms with E-state index in [0.29, 0.717) is 4.99 Å². The van der Waals surface area contributed by atoms with E-state index >= 15 is 0 Å². The molecule has 0 spiro atoms. The molecule has 1 atom stereocenters. The molecule has 5 heteroatoms. The quantitative estimate of drug-likeness (QED) is 0.798. The van der Waals surface area contributed by atoms with E-state index in [2.05, 4.69) is 17.2 Å². The topological polar surface area (TPSA) is 60.2 Å². The number of rotatable bonds is 4. The summed E-state index contributed by atoms with van der Waals surface area (Å²) in [6.07, 6.45) is 3.90. The third-order valence-electron chi connectivity index (χ3n) is 2.99. The van der Waals surface area contributed by atoms with Gasteiger partial charge in [-0.05, 0) is 31.9 Å². The van der Waals surface area contributed by atoms with Crippen molar-refractivity contribution < 1.29 is 4.74 Å². The summed E-state index contributed by atoms with van der Waals surface area (Å²) in [5.41, 5.74) is 6.23. The highest BCUT2D eigenvalue weighted by molar-refractivity contribution is 7.80. The van der Waals surface area contributed by atoms with Gasteiger partial charge in [-0.1, -0.05) is 12.2 Å². The van der Waals surface area contributed by atoms with Crippen molar-refractivity contribution in [1.82, 2.24) is 4.98 Å². The number of anilines is 1. The summed E-state index contributed by atoms with van der Waals surface area (Å²) in [6.45, 7) is 3.74. The fourth-order valence-corrected chi connectivity index (χ4v) is 2.02. The van der Waals surface area contributed by atoms with Crippen LogP contribution in [0.5, 0.6) is 0 Å². The number of nitrogens with one attached hydrogen (secondary N) is 1. The lowest BCUT2D eigenvalue weighted by Gasteiger charge is -2.23. The molecule has 1 aliphatic rings. The van der Waals surface area contributed by atoms with E-state index in [-0.39, 0.29) is 5.60 Å².